The van der Waals surface area contributed by atoms with Crippen molar-refractivity contribution >= 4 is 23.5 Å². The number of hydrogen-bond acceptors (Lipinski definition) is 2. The van der Waals surface area contributed by atoms with E-state index in [-0.39, 0.29) is 5.91 Å². The first kappa shape index (κ1) is 16.0. The van der Waals surface area contributed by atoms with E-state index in [0.717, 1.165) is 29.8 Å². The number of nitrogens with zero attached hydrogens (tertiary/aromatic N) is 1. The fourth-order valence-electron chi connectivity index (χ4n) is 2.02. The Morgan fingerprint density at radius 3 is 2.55 bits per heavy atom. The number of hydrogen-bond donors (Lipinski definition) is 1. The van der Waals surface area contributed by atoms with Gasteiger partial charge in [0.05, 0.1) is 5.69 Å². The maximum absolute atomic E-state index is 12.3. The molecule has 0 spiro atoms. The van der Waals surface area contributed by atoms with Crippen LogP contribution in [0.4, 0.5) is 11.4 Å². The van der Waals surface area contributed by atoms with Gasteiger partial charge >= 0.3 is 0 Å². The first-order chi connectivity index (χ1) is 10.6. The Morgan fingerprint density at radius 1 is 1.14 bits per heavy atom. The van der Waals surface area contributed by atoms with Gasteiger partial charge in [-0.05, 0) is 50.1 Å². The maximum Gasteiger partial charge on any atom is 0.255 e. The number of rotatable bonds is 5. The van der Waals surface area contributed by atoms with Crippen LogP contribution in [0.15, 0.2) is 47.5 Å². The van der Waals surface area contributed by atoms with Crippen LogP contribution in [0.25, 0.3) is 0 Å². The topological polar surface area (TPSA) is 41.5 Å². The molecule has 0 fully saturated rings. The molecular formula is C19H22N2O. The van der Waals surface area contributed by atoms with E-state index in [9.17, 15) is 4.79 Å². The Balaban J connectivity index is 2.15. The molecule has 0 unspecified atom stereocenters. The molecule has 114 valence electrons. The van der Waals surface area contributed by atoms with Gasteiger partial charge in [-0.25, -0.2) is 0 Å². The molecule has 3 heteroatoms. The summed E-state index contributed by atoms with van der Waals surface area (Å²) in [5.74, 6) is -0.115. The van der Waals surface area contributed by atoms with E-state index in [0.29, 0.717) is 5.56 Å². The second kappa shape index (κ2) is 7.55. The van der Waals surface area contributed by atoms with Gasteiger partial charge in [-0.2, -0.15) is 0 Å². The van der Waals surface area contributed by atoms with Crippen LogP contribution in [0.3, 0.4) is 0 Å². The van der Waals surface area contributed by atoms with E-state index in [2.05, 4.69) is 17.2 Å². The van der Waals surface area contributed by atoms with Gasteiger partial charge in [0.25, 0.3) is 5.91 Å². The summed E-state index contributed by atoms with van der Waals surface area (Å²) in [6.07, 6.45) is 3.92. The molecule has 0 atom stereocenters. The number of unbranched alkanes of at least 4 members (excludes halogenated alkanes) is 1. The number of anilines is 1. The van der Waals surface area contributed by atoms with E-state index in [1.165, 1.54) is 5.56 Å². The second-order valence-corrected chi connectivity index (χ2v) is 5.42. The van der Waals surface area contributed by atoms with E-state index in [4.69, 9.17) is 0 Å². The lowest BCUT2D eigenvalue weighted by atomic mass is 10.1. The third-order valence-corrected chi connectivity index (χ3v) is 3.43. The van der Waals surface area contributed by atoms with E-state index in [1.807, 2.05) is 62.5 Å². The molecule has 0 heterocycles. The van der Waals surface area contributed by atoms with Gasteiger partial charge in [0.2, 0.25) is 0 Å². The first-order valence-corrected chi connectivity index (χ1v) is 7.61. The van der Waals surface area contributed by atoms with E-state index < -0.39 is 0 Å². The third-order valence-electron chi connectivity index (χ3n) is 3.43. The number of aryl methyl sites for hydroxylation is 2. The summed E-state index contributed by atoms with van der Waals surface area (Å²) in [4.78, 5) is 16.8. The zero-order valence-electron chi connectivity index (χ0n) is 13.4. The molecule has 0 saturated carbocycles. The molecule has 22 heavy (non-hydrogen) atoms. The number of benzene rings is 2. The lowest BCUT2D eigenvalue weighted by Gasteiger charge is -2.07. The highest BCUT2D eigenvalue weighted by Gasteiger charge is 2.08. The van der Waals surface area contributed by atoms with Gasteiger partial charge in [-0.1, -0.05) is 37.1 Å². The summed E-state index contributed by atoms with van der Waals surface area (Å²) in [7, 11) is 0. The van der Waals surface area contributed by atoms with Crippen LogP contribution in [0.5, 0.6) is 0 Å². The molecule has 2 aromatic carbocycles. The fraction of sp³-hybridized carbons (Fsp3) is 0.263. The minimum atomic E-state index is -0.115. The van der Waals surface area contributed by atoms with Crippen molar-refractivity contribution in [2.75, 3.05) is 5.32 Å². The number of carbonyl (C=O) groups is 1. The fourth-order valence-corrected chi connectivity index (χ4v) is 2.02. The van der Waals surface area contributed by atoms with Gasteiger partial charge in [-0.3, -0.25) is 9.79 Å². The Hall–Kier alpha value is -2.42. The zero-order valence-corrected chi connectivity index (χ0v) is 13.4. The largest absolute Gasteiger partial charge is 0.322 e. The molecule has 3 nitrogen and oxygen atoms in total. The number of aliphatic imine (C=N–C) groups is 1. The van der Waals surface area contributed by atoms with Gasteiger partial charge in [0, 0.05) is 17.5 Å². The quantitative estimate of drug-likeness (QED) is 0.769. The zero-order chi connectivity index (χ0) is 15.9. The van der Waals surface area contributed by atoms with Crippen molar-refractivity contribution in [3.63, 3.8) is 0 Å². The molecule has 1 N–H and O–H groups in total. The molecule has 0 aliphatic carbocycles. The van der Waals surface area contributed by atoms with E-state index in [1.54, 1.807) is 0 Å². The number of nitrogens with one attached hydrogen (secondary N) is 1. The summed E-state index contributed by atoms with van der Waals surface area (Å²) in [6.45, 7) is 6.14. The monoisotopic (exact) mass is 294 g/mol. The highest BCUT2D eigenvalue weighted by atomic mass is 16.1. The van der Waals surface area contributed by atoms with Gasteiger partial charge in [0.15, 0.2) is 0 Å². The minimum absolute atomic E-state index is 0.115. The van der Waals surface area contributed by atoms with Crippen LogP contribution in [0.2, 0.25) is 0 Å². The molecule has 0 aliphatic heterocycles. The summed E-state index contributed by atoms with van der Waals surface area (Å²) >= 11 is 0. The molecular weight excluding hydrogens is 272 g/mol. The van der Waals surface area contributed by atoms with Crippen molar-refractivity contribution in [3.05, 3.63) is 59.2 Å². The van der Waals surface area contributed by atoms with Crippen molar-refractivity contribution in [2.24, 2.45) is 4.99 Å². The number of amides is 1. The Labute approximate surface area is 132 Å². The van der Waals surface area contributed by atoms with Crippen LogP contribution in [0, 0.1) is 13.8 Å². The third kappa shape index (κ3) is 4.29. The summed E-state index contributed by atoms with van der Waals surface area (Å²) in [5.41, 5.74) is 4.51. The van der Waals surface area contributed by atoms with Gasteiger partial charge < -0.3 is 5.32 Å². The first-order valence-electron chi connectivity index (χ1n) is 7.61. The van der Waals surface area contributed by atoms with Gasteiger partial charge in [0.1, 0.15) is 0 Å². The second-order valence-electron chi connectivity index (χ2n) is 5.42. The highest BCUT2D eigenvalue weighted by molar-refractivity contribution is 6.04. The van der Waals surface area contributed by atoms with Crippen molar-refractivity contribution < 1.29 is 4.79 Å². The summed E-state index contributed by atoms with van der Waals surface area (Å²) < 4.78 is 0. The SMILES string of the molecule is CCCC=Nc1cc(C(=O)Nc2ccc(C)cc2)ccc1C. The maximum atomic E-state index is 12.3. The van der Waals surface area contributed by atoms with Gasteiger partial charge in [-0.15, -0.1) is 0 Å². The van der Waals surface area contributed by atoms with Crippen molar-refractivity contribution in [1.82, 2.24) is 0 Å². The van der Waals surface area contributed by atoms with Crippen LogP contribution in [0.1, 0.15) is 41.3 Å². The highest BCUT2D eigenvalue weighted by Crippen LogP contribution is 2.21. The lowest BCUT2D eigenvalue weighted by molar-refractivity contribution is 0.102. The van der Waals surface area contributed by atoms with Crippen molar-refractivity contribution in [3.8, 4) is 0 Å². The lowest BCUT2D eigenvalue weighted by Crippen LogP contribution is -2.11. The van der Waals surface area contributed by atoms with Crippen molar-refractivity contribution in [1.29, 1.82) is 0 Å². The minimum Gasteiger partial charge on any atom is -0.322 e. The predicted octanol–water partition coefficient (Wildman–Crippen LogP) is 5.06. The molecule has 1 amide bonds. The Morgan fingerprint density at radius 2 is 1.86 bits per heavy atom. The average Bonchev–Trinajstić information content (AvgIpc) is 2.51. The molecule has 0 aromatic heterocycles. The van der Waals surface area contributed by atoms with Crippen LogP contribution >= 0.6 is 0 Å². The molecule has 2 aromatic rings. The van der Waals surface area contributed by atoms with E-state index >= 15 is 0 Å². The normalized spacial score (nSPS) is 10.9. The summed E-state index contributed by atoms with van der Waals surface area (Å²) in [6, 6.07) is 13.4. The molecule has 2 rings (SSSR count). The Bertz CT molecular complexity index is 672. The molecule has 0 radical (unpaired) electrons. The number of carbonyl (C=O) groups excluding carboxylic acids is 1. The smallest absolute Gasteiger partial charge is 0.255 e. The molecule has 0 saturated heterocycles. The van der Waals surface area contributed by atoms with Crippen molar-refractivity contribution in [2.45, 2.75) is 33.6 Å². The summed E-state index contributed by atoms with van der Waals surface area (Å²) in [5, 5.41) is 2.91. The Kier molecular flexibility index (Phi) is 5.48. The standard InChI is InChI=1S/C19H22N2O/c1-4-5-12-20-18-13-16(9-8-15(18)3)19(22)21-17-10-6-14(2)7-11-17/h6-13H,4-5H2,1-3H3,(H,21,22). The molecule has 0 bridgehead atoms. The molecule has 0 aliphatic rings. The predicted molar refractivity (Wildman–Crippen MR) is 93.4 cm³/mol. The van der Waals surface area contributed by atoms with Crippen LogP contribution < -0.4 is 5.32 Å². The van der Waals surface area contributed by atoms with Crippen LogP contribution in [-0.2, 0) is 0 Å². The van der Waals surface area contributed by atoms with Crippen LogP contribution in [-0.4, -0.2) is 12.1 Å². The average molecular weight is 294 g/mol.